The number of hydrogen-bond acceptors (Lipinski definition) is 3. The molecule has 0 saturated heterocycles. The summed E-state index contributed by atoms with van der Waals surface area (Å²) in [7, 11) is 0. The van der Waals surface area contributed by atoms with Crippen molar-refractivity contribution in [2.45, 2.75) is 58.5 Å². The molecule has 0 aromatic rings. The quantitative estimate of drug-likeness (QED) is 0.682. The fourth-order valence-electron chi connectivity index (χ4n) is 2.87. The summed E-state index contributed by atoms with van der Waals surface area (Å²) >= 11 is 0. The number of rotatable bonds is 8. The van der Waals surface area contributed by atoms with Crippen LogP contribution in [0.25, 0.3) is 0 Å². The van der Waals surface area contributed by atoms with Gasteiger partial charge in [-0.05, 0) is 25.3 Å². The number of aliphatic hydroxyl groups is 1. The van der Waals surface area contributed by atoms with E-state index >= 15 is 0 Å². The third-order valence-corrected chi connectivity index (χ3v) is 3.61. The van der Waals surface area contributed by atoms with Gasteiger partial charge in [-0.2, -0.15) is 0 Å². The van der Waals surface area contributed by atoms with Gasteiger partial charge >= 0.3 is 0 Å². The van der Waals surface area contributed by atoms with E-state index in [0.29, 0.717) is 5.92 Å². The Hall–Kier alpha value is -0.120. The Morgan fingerprint density at radius 3 is 2.35 bits per heavy atom. The SMILES string of the molecule is CCNC(CO)CN(CC(C)C)C1CCCC1. The Morgan fingerprint density at radius 2 is 1.88 bits per heavy atom. The molecule has 0 heterocycles. The van der Waals surface area contributed by atoms with Gasteiger partial charge in [0, 0.05) is 25.2 Å². The zero-order valence-corrected chi connectivity index (χ0v) is 11.8. The van der Waals surface area contributed by atoms with E-state index in [1.807, 2.05) is 0 Å². The van der Waals surface area contributed by atoms with Gasteiger partial charge in [-0.25, -0.2) is 0 Å². The summed E-state index contributed by atoms with van der Waals surface area (Å²) in [6.07, 6.45) is 5.45. The molecule has 0 aromatic heterocycles. The molecule has 0 aromatic carbocycles. The van der Waals surface area contributed by atoms with E-state index in [4.69, 9.17) is 0 Å². The summed E-state index contributed by atoms with van der Waals surface area (Å²) in [6.45, 7) is 10.00. The van der Waals surface area contributed by atoms with Gasteiger partial charge in [-0.3, -0.25) is 4.90 Å². The highest BCUT2D eigenvalue weighted by Gasteiger charge is 2.24. The van der Waals surface area contributed by atoms with Crippen LogP contribution in [0.15, 0.2) is 0 Å². The number of nitrogens with zero attached hydrogens (tertiary/aromatic N) is 1. The lowest BCUT2D eigenvalue weighted by Crippen LogP contribution is -2.47. The van der Waals surface area contributed by atoms with Crippen LogP contribution in [0.4, 0.5) is 0 Å². The van der Waals surface area contributed by atoms with Gasteiger partial charge in [0.25, 0.3) is 0 Å². The molecule has 0 aliphatic heterocycles. The lowest BCUT2D eigenvalue weighted by Gasteiger charge is -2.33. The van der Waals surface area contributed by atoms with Gasteiger partial charge in [0.15, 0.2) is 0 Å². The maximum atomic E-state index is 9.39. The van der Waals surface area contributed by atoms with E-state index in [9.17, 15) is 5.11 Å². The maximum Gasteiger partial charge on any atom is 0.0597 e. The molecule has 102 valence electrons. The van der Waals surface area contributed by atoms with Crippen LogP contribution < -0.4 is 5.32 Å². The Kier molecular flexibility index (Phi) is 7.09. The highest BCUT2D eigenvalue weighted by molar-refractivity contribution is 4.81. The fourth-order valence-corrected chi connectivity index (χ4v) is 2.87. The predicted octanol–water partition coefficient (Wildman–Crippen LogP) is 1.86. The largest absolute Gasteiger partial charge is 0.395 e. The second-order valence-electron chi connectivity index (χ2n) is 5.72. The molecule has 0 bridgehead atoms. The first-order chi connectivity index (χ1) is 8.17. The number of hydrogen-bond donors (Lipinski definition) is 2. The molecule has 1 aliphatic rings. The molecular weight excluding hydrogens is 212 g/mol. The lowest BCUT2D eigenvalue weighted by atomic mass is 10.1. The molecule has 0 amide bonds. The van der Waals surface area contributed by atoms with Crippen LogP contribution in [0.1, 0.15) is 46.5 Å². The van der Waals surface area contributed by atoms with Gasteiger partial charge in [0.2, 0.25) is 0 Å². The smallest absolute Gasteiger partial charge is 0.0597 e. The van der Waals surface area contributed by atoms with Crippen molar-refractivity contribution in [2.75, 3.05) is 26.2 Å². The molecule has 2 N–H and O–H groups in total. The number of likely N-dealkylation sites (N-methyl/N-ethyl adjacent to an activating group) is 1. The molecule has 1 saturated carbocycles. The van der Waals surface area contributed by atoms with Crippen LogP contribution in [0.5, 0.6) is 0 Å². The fraction of sp³-hybridized carbons (Fsp3) is 1.00. The van der Waals surface area contributed by atoms with Crippen molar-refractivity contribution in [2.24, 2.45) is 5.92 Å². The zero-order chi connectivity index (χ0) is 12.7. The third-order valence-electron chi connectivity index (χ3n) is 3.61. The van der Waals surface area contributed by atoms with Gasteiger partial charge in [0.1, 0.15) is 0 Å². The molecular formula is C14H30N2O. The number of nitrogens with one attached hydrogen (secondary N) is 1. The Balaban J connectivity index is 2.48. The third kappa shape index (κ3) is 5.36. The van der Waals surface area contributed by atoms with E-state index in [0.717, 1.165) is 25.7 Å². The molecule has 1 aliphatic carbocycles. The van der Waals surface area contributed by atoms with E-state index in [1.54, 1.807) is 0 Å². The minimum Gasteiger partial charge on any atom is -0.395 e. The lowest BCUT2D eigenvalue weighted by molar-refractivity contribution is 0.133. The van der Waals surface area contributed by atoms with Crippen molar-refractivity contribution in [3.05, 3.63) is 0 Å². The minimum absolute atomic E-state index is 0.236. The first kappa shape index (κ1) is 14.9. The summed E-state index contributed by atoms with van der Waals surface area (Å²) in [5.41, 5.74) is 0. The average Bonchev–Trinajstić information content (AvgIpc) is 2.80. The van der Waals surface area contributed by atoms with Gasteiger partial charge < -0.3 is 10.4 Å². The van der Waals surface area contributed by atoms with Crippen LogP contribution in [-0.2, 0) is 0 Å². The summed E-state index contributed by atoms with van der Waals surface area (Å²) in [4.78, 5) is 2.60. The Bertz CT molecular complexity index is 191. The Morgan fingerprint density at radius 1 is 1.24 bits per heavy atom. The minimum atomic E-state index is 0.236. The molecule has 17 heavy (non-hydrogen) atoms. The van der Waals surface area contributed by atoms with Crippen LogP contribution in [-0.4, -0.2) is 48.3 Å². The number of aliphatic hydroxyl groups excluding tert-OH is 1. The second-order valence-corrected chi connectivity index (χ2v) is 5.72. The molecule has 3 heteroatoms. The van der Waals surface area contributed by atoms with E-state index < -0.39 is 0 Å². The molecule has 3 nitrogen and oxygen atoms in total. The monoisotopic (exact) mass is 242 g/mol. The molecule has 0 spiro atoms. The standard InChI is InChI=1S/C14H30N2O/c1-4-15-13(11-17)10-16(9-12(2)3)14-7-5-6-8-14/h12-15,17H,4-11H2,1-3H3. The van der Waals surface area contributed by atoms with Gasteiger partial charge in [-0.15, -0.1) is 0 Å². The first-order valence-corrected chi connectivity index (χ1v) is 7.25. The van der Waals surface area contributed by atoms with Crippen molar-refractivity contribution < 1.29 is 5.11 Å². The van der Waals surface area contributed by atoms with E-state index in [1.165, 1.54) is 25.7 Å². The van der Waals surface area contributed by atoms with Crippen LogP contribution in [0.3, 0.4) is 0 Å². The highest BCUT2D eigenvalue weighted by Crippen LogP contribution is 2.24. The topological polar surface area (TPSA) is 35.5 Å². The summed E-state index contributed by atoms with van der Waals surface area (Å²) in [6, 6.07) is 0.990. The molecule has 1 fully saturated rings. The summed E-state index contributed by atoms with van der Waals surface area (Å²) in [5.74, 6) is 0.705. The zero-order valence-electron chi connectivity index (χ0n) is 11.8. The molecule has 1 unspecified atom stereocenters. The van der Waals surface area contributed by atoms with Gasteiger partial charge in [-0.1, -0.05) is 33.6 Å². The van der Waals surface area contributed by atoms with Crippen molar-refractivity contribution in [1.82, 2.24) is 10.2 Å². The second kappa shape index (κ2) is 8.06. The van der Waals surface area contributed by atoms with Crippen molar-refractivity contribution >= 4 is 0 Å². The molecule has 1 atom stereocenters. The maximum absolute atomic E-state index is 9.39. The summed E-state index contributed by atoms with van der Waals surface area (Å²) in [5, 5.41) is 12.8. The summed E-state index contributed by atoms with van der Waals surface area (Å²) < 4.78 is 0. The molecule has 1 rings (SSSR count). The van der Waals surface area contributed by atoms with Crippen LogP contribution >= 0.6 is 0 Å². The van der Waals surface area contributed by atoms with Crippen molar-refractivity contribution in [1.29, 1.82) is 0 Å². The Labute approximate surface area is 107 Å². The van der Waals surface area contributed by atoms with Crippen molar-refractivity contribution in [3.8, 4) is 0 Å². The van der Waals surface area contributed by atoms with Crippen molar-refractivity contribution in [3.63, 3.8) is 0 Å². The normalized spacial score (nSPS) is 19.4. The average molecular weight is 242 g/mol. The van der Waals surface area contributed by atoms with Gasteiger partial charge in [0.05, 0.1) is 6.61 Å². The van der Waals surface area contributed by atoms with E-state index in [-0.39, 0.29) is 12.6 Å². The van der Waals surface area contributed by atoms with Crippen LogP contribution in [0, 0.1) is 5.92 Å². The van der Waals surface area contributed by atoms with E-state index in [2.05, 4.69) is 31.0 Å². The predicted molar refractivity (Wildman–Crippen MR) is 73.2 cm³/mol. The van der Waals surface area contributed by atoms with Crippen LogP contribution in [0.2, 0.25) is 0 Å². The highest BCUT2D eigenvalue weighted by atomic mass is 16.3. The first-order valence-electron chi connectivity index (χ1n) is 7.25. The molecule has 0 radical (unpaired) electrons.